The standard InChI is InChI=1S/C19H18N2O4/c1-23-13-8-12(9-14(11-13)24-2)10-16-19(22)21-18(20-16)15-6-4-5-7-17(15)25-3/h4-11H,1-3H3,(H,20,21,22)/b16-10+. The summed E-state index contributed by atoms with van der Waals surface area (Å²) in [5, 5.41) is 2.77. The number of carbonyl (C=O) groups is 1. The molecule has 0 spiro atoms. The summed E-state index contributed by atoms with van der Waals surface area (Å²) in [6.45, 7) is 0. The second kappa shape index (κ2) is 7.09. The van der Waals surface area contributed by atoms with Crippen molar-refractivity contribution in [2.75, 3.05) is 21.3 Å². The predicted molar refractivity (Wildman–Crippen MR) is 95.2 cm³/mol. The maximum absolute atomic E-state index is 12.3. The van der Waals surface area contributed by atoms with Crippen LogP contribution in [0.4, 0.5) is 0 Å². The molecule has 0 radical (unpaired) electrons. The molecule has 25 heavy (non-hydrogen) atoms. The molecule has 0 saturated heterocycles. The number of amidine groups is 1. The second-order valence-corrected chi connectivity index (χ2v) is 5.29. The van der Waals surface area contributed by atoms with Crippen molar-refractivity contribution in [3.63, 3.8) is 0 Å². The number of nitrogens with one attached hydrogen (secondary N) is 1. The number of ether oxygens (including phenoxy) is 3. The van der Waals surface area contributed by atoms with E-state index in [0.29, 0.717) is 28.8 Å². The van der Waals surface area contributed by atoms with Crippen LogP contribution in [0.3, 0.4) is 0 Å². The molecule has 0 fully saturated rings. The van der Waals surface area contributed by atoms with Crippen LogP contribution in [0, 0.1) is 0 Å². The molecular weight excluding hydrogens is 320 g/mol. The van der Waals surface area contributed by atoms with Crippen molar-refractivity contribution in [3.8, 4) is 17.2 Å². The summed E-state index contributed by atoms with van der Waals surface area (Å²) in [5.41, 5.74) is 1.78. The van der Waals surface area contributed by atoms with Crippen molar-refractivity contribution in [1.82, 2.24) is 5.32 Å². The fraction of sp³-hybridized carbons (Fsp3) is 0.158. The van der Waals surface area contributed by atoms with Crippen LogP contribution in [0.15, 0.2) is 53.2 Å². The SMILES string of the molecule is COc1cc(/C=C2/N=C(c3ccccc3OC)NC2=O)cc(OC)c1. The molecule has 1 aliphatic rings. The lowest BCUT2D eigenvalue weighted by atomic mass is 10.1. The number of hydrogen-bond donors (Lipinski definition) is 1. The second-order valence-electron chi connectivity index (χ2n) is 5.29. The molecule has 1 amide bonds. The molecule has 0 saturated carbocycles. The first-order valence-electron chi connectivity index (χ1n) is 7.63. The molecule has 0 atom stereocenters. The molecule has 1 aliphatic heterocycles. The van der Waals surface area contributed by atoms with Crippen LogP contribution in [0.5, 0.6) is 17.2 Å². The van der Waals surface area contributed by atoms with E-state index in [0.717, 1.165) is 11.1 Å². The molecule has 6 heteroatoms. The zero-order valence-electron chi connectivity index (χ0n) is 14.2. The smallest absolute Gasteiger partial charge is 0.275 e. The first-order chi connectivity index (χ1) is 12.1. The predicted octanol–water partition coefficient (Wildman–Crippen LogP) is 2.63. The summed E-state index contributed by atoms with van der Waals surface area (Å²) >= 11 is 0. The van der Waals surface area contributed by atoms with E-state index < -0.39 is 0 Å². The largest absolute Gasteiger partial charge is 0.497 e. The van der Waals surface area contributed by atoms with E-state index in [4.69, 9.17) is 14.2 Å². The number of benzene rings is 2. The van der Waals surface area contributed by atoms with Gasteiger partial charge in [-0.3, -0.25) is 4.79 Å². The lowest BCUT2D eigenvalue weighted by Crippen LogP contribution is -2.25. The Balaban J connectivity index is 1.99. The Hall–Kier alpha value is -3.28. The first kappa shape index (κ1) is 16.6. The van der Waals surface area contributed by atoms with Gasteiger partial charge in [0.15, 0.2) is 0 Å². The number of aliphatic imine (C=N–C) groups is 1. The van der Waals surface area contributed by atoms with Crippen LogP contribution in [0.1, 0.15) is 11.1 Å². The Bertz CT molecular complexity index is 849. The molecular formula is C19H18N2O4. The van der Waals surface area contributed by atoms with Crippen molar-refractivity contribution >= 4 is 17.8 Å². The summed E-state index contributed by atoms with van der Waals surface area (Å²) in [6.07, 6.45) is 1.68. The minimum absolute atomic E-state index is 0.275. The molecule has 0 aromatic heterocycles. The maximum Gasteiger partial charge on any atom is 0.275 e. The molecule has 3 rings (SSSR count). The maximum atomic E-state index is 12.3. The van der Waals surface area contributed by atoms with E-state index >= 15 is 0 Å². The van der Waals surface area contributed by atoms with Gasteiger partial charge in [-0.1, -0.05) is 12.1 Å². The summed E-state index contributed by atoms with van der Waals surface area (Å²) in [4.78, 5) is 16.7. The minimum Gasteiger partial charge on any atom is -0.497 e. The van der Waals surface area contributed by atoms with Gasteiger partial charge >= 0.3 is 0 Å². The van der Waals surface area contributed by atoms with Gasteiger partial charge in [0.2, 0.25) is 0 Å². The summed E-state index contributed by atoms with van der Waals surface area (Å²) in [7, 11) is 4.73. The Morgan fingerprint density at radius 2 is 1.64 bits per heavy atom. The highest BCUT2D eigenvalue weighted by Gasteiger charge is 2.23. The van der Waals surface area contributed by atoms with Gasteiger partial charge in [0.05, 0.1) is 26.9 Å². The van der Waals surface area contributed by atoms with Crippen molar-refractivity contribution in [1.29, 1.82) is 0 Å². The molecule has 6 nitrogen and oxygen atoms in total. The number of para-hydroxylation sites is 1. The number of hydrogen-bond acceptors (Lipinski definition) is 5. The van der Waals surface area contributed by atoms with E-state index in [1.807, 2.05) is 24.3 Å². The van der Waals surface area contributed by atoms with Gasteiger partial charge < -0.3 is 19.5 Å². The molecule has 0 bridgehead atoms. The molecule has 2 aromatic carbocycles. The van der Waals surface area contributed by atoms with Gasteiger partial charge in [-0.25, -0.2) is 4.99 Å². The number of nitrogens with zero attached hydrogens (tertiary/aromatic N) is 1. The van der Waals surface area contributed by atoms with Crippen molar-refractivity contribution in [3.05, 3.63) is 59.3 Å². The van der Waals surface area contributed by atoms with Gasteiger partial charge in [-0.15, -0.1) is 0 Å². The van der Waals surface area contributed by atoms with E-state index in [1.54, 1.807) is 45.6 Å². The summed E-state index contributed by atoms with van der Waals surface area (Å²) in [5.74, 6) is 2.11. The van der Waals surface area contributed by atoms with Crippen LogP contribution in [0.25, 0.3) is 6.08 Å². The quantitative estimate of drug-likeness (QED) is 0.851. The van der Waals surface area contributed by atoms with E-state index in [1.165, 1.54) is 0 Å². The first-order valence-corrected chi connectivity index (χ1v) is 7.63. The van der Waals surface area contributed by atoms with Crippen molar-refractivity contribution in [2.24, 2.45) is 4.99 Å². The van der Waals surface area contributed by atoms with Crippen LogP contribution in [-0.2, 0) is 4.79 Å². The van der Waals surface area contributed by atoms with Crippen LogP contribution < -0.4 is 19.5 Å². The topological polar surface area (TPSA) is 69.2 Å². The Morgan fingerprint density at radius 1 is 0.960 bits per heavy atom. The average Bonchev–Trinajstić information content (AvgIpc) is 3.01. The number of methoxy groups -OCH3 is 3. The fourth-order valence-electron chi connectivity index (χ4n) is 2.51. The zero-order valence-corrected chi connectivity index (χ0v) is 14.2. The minimum atomic E-state index is -0.275. The average molecular weight is 338 g/mol. The van der Waals surface area contributed by atoms with E-state index in [2.05, 4.69) is 10.3 Å². The van der Waals surface area contributed by atoms with Crippen molar-refractivity contribution < 1.29 is 19.0 Å². The lowest BCUT2D eigenvalue weighted by molar-refractivity contribution is -0.115. The highest BCUT2D eigenvalue weighted by atomic mass is 16.5. The highest BCUT2D eigenvalue weighted by Crippen LogP contribution is 2.26. The lowest BCUT2D eigenvalue weighted by Gasteiger charge is -2.06. The van der Waals surface area contributed by atoms with Crippen LogP contribution in [0.2, 0.25) is 0 Å². The number of amides is 1. The zero-order chi connectivity index (χ0) is 17.8. The van der Waals surface area contributed by atoms with E-state index in [9.17, 15) is 4.79 Å². The van der Waals surface area contributed by atoms with Gasteiger partial charge in [0.1, 0.15) is 28.8 Å². The third-order valence-corrected chi connectivity index (χ3v) is 3.74. The Kier molecular flexibility index (Phi) is 4.70. The van der Waals surface area contributed by atoms with E-state index in [-0.39, 0.29) is 5.91 Å². The summed E-state index contributed by atoms with van der Waals surface area (Å²) in [6, 6.07) is 12.8. The number of carbonyl (C=O) groups excluding carboxylic acids is 1. The third-order valence-electron chi connectivity index (χ3n) is 3.74. The van der Waals surface area contributed by atoms with Crippen molar-refractivity contribution in [2.45, 2.75) is 0 Å². The Labute approximate surface area is 145 Å². The molecule has 1 N–H and O–H groups in total. The molecule has 0 unspecified atom stereocenters. The normalized spacial score (nSPS) is 14.9. The van der Waals surface area contributed by atoms with Gasteiger partial charge in [-0.05, 0) is 35.9 Å². The molecule has 128 valence electrons. The van der Waals surface area contributed by atoms with Gasteiger partial charge in [-0.2, -0.15) is 0 Å². The fourth-order valence-corrected chi connectivity index (χ4v) is 2.51. The van der Waals surface area contributed by atoms with Gasteiger partial charge in [0.25, 0.3) is 5.91 Å². The number of rotatable bonds is 5. The third kappa shape index (κ3) is 3.47. The van der Waals surface area contributed by atoms with Crippen LogP contribution >= 0.6 is 0 Å². The van der Waals surface area contributed by atoms with Gasteiger partial charge in [0, 0.05) is 6.07 Å². The highest BCUT2D eigenvalue weighted by molar-refractivity contribution is 6.20. The molecule has 1 heterocycles. The monoisotopic (exact) mass is 338 g/mol. The molecule has 0 aliphatic carbocycles. The summed E-state index contributed by atoms with van der Waals surface area (Å²) < 4.78 is 15.8. The van der Waals surface area contributed by atoms with Crippen LogP contribution in [-0.4, -0.2) is 33.1 Å². The molecule has 2 aromatic rings. The Morgan fingerprint density at radius 3 is 2.28 bits per heavy atom.